The molecular weight excluding hydrogens is 506 g/mol. The first-order valence-electron chi connectivity index (χ1n) is 10.9. The van der Waals surface area contributed by atoms with Crippen LogP contribution in [0.1, 0.15) is 29.6 Å². The molecule has 1 amide bonds. The molecule has 2 aliphatic heterocycles. The molecule has 1 saturated heterocycles. The number of nitro groups is 1. The quantitative estimate of drug-likeness (QED) is 0.161. The zero-order chi connectivity index (χ0) is 25.7. The number of hydrogen-bond donors (Lipinski definition) is 1. The van der Waals surface area contributed by atoms with Crippen LogP contribution in [0.5, 0.6) is 0 Å². The van der Waals surface area contributed by atoms with Crippen LogP contribution in [0, 0.1) is 27.4 Å². The fraction of sp³-hybridized carbons (Fsp3) is 0.304. The summed E-state index contributed by atoms with van der Waals surface area (Å²) in [5, 5.41) is 31.1. The van der Waals surface area contributed by atoms with E-state index in [1.165, 1.54) is 52.3 Å². The molecule has 0 saturated carbocycles. The summed E-state index contributed by atoms with van der Waals surface area (Å²) in [7, 11) is 0. The Morgan fingerprint density at radius 1 is 1.44 bits per heavy atom. The fourth-order valence-corrected chi connectivity index (χ4v) is 6.48. The van der Waals surface area contributed by atoms with Crippen LogP contribution in [0.4, 0.5) is 5.69 Å². The normalized spacial score (nSPS) is 19.7. The van der Waals surface area contributed by atoms with Gasteiger partial charge in [0.2, 0.25) is 11.7 Å². The number of amides is 1. The van der Waals surface area contributed by atoms with E-state index in [1.54, 1.807) is 17.5 Å². The summed E-state index contributed by atoms with van der Waals surface area (Å²) >= 11 is 2.77. The predicted molar refractivity (Wildman–Crippen MR) is 130 cm³/mol. The highest BCUT2D eigenvalue weighted by molar-refractivity contribution is 7.98. The summed E-state index contributed by atoms with van der Waals surface area (Å²) in [5.41, 5.74) is 1.21. The van der Waals surface area contributed by atoms with Gasteiger partial charge in [0.25, 0.3) is 5.69 Å². The van der Waals surface area contributed by atoms with Crippen molar-refractivity contribution < 1.29 is 24.4 Å². The topological polar surface area (TPSA) is 151 Å². The second kappa shape index (κ2) is 9.05. The lowest BCUT2D eigenvalue weighted by Crippen LogP contribution is -2.61. The van der Waals surface area contributed by atoms with Crippen molar-refractivity contribution in [2.24, 2.45) is 5.92 Å². The molecule has 5 rings (SSSR count). The number of thiazole rings is 1. The third kappa shape index (κ3) is 3.74. The van der Waals surface area contributed by atoms with Crippen molar-refractivity contribution in [2.45, 2.75) is 37.1 Å². The van der Waals surface area contributed by atoms with Crippen LogP contribution in [-0.4, -0.2) is 54.6 Å². The number of hydrogen-bond acceptors (Lipinski definition) is 10. The van der Waals surface area contributed by atoms with E-state index in [4.69, 9.17) is 4.74 Å². The number of aliphatic hydroxyl groups is 1. The Bertz CT molecular complexity index is 1480. The average Bonchev–Trinajstić information content (AvgIpc) is 3.52. The molecule has 0 spiro atoms. The molecule has 13 heteroatoms. The highest BCUT2D eigenvalue weighted by atomic mass is 32.2. The SMILES string of the molecule is CSc1nc(C#N)n2cc(C3=C(C(=O)OCc4ccc([N+](=O)[O-])cc4)N4C(=O)[C@H]([C@@H](C)O)[C@H]4C3)sc12. The van der Waals surface area contributed by atoms with E-state index < -0.39 is 22.9 Å². The summed E-state index contributed by atoms with van der Waals surface area (Å²) in [6.07, 6.45) is 3.08. The van der Waals surface area contributed by atoms with Crippen molar-refractivity contribution in [3.63, 3.8) is 0 Å². The van der Waals surface area contributed by atoms with Gasteiger partial charge in [0.05, 0.1) is 27.9 Å². The lowest BCUT2D eigenvalue weighted by molar-refractivity contribution is -0.384. The van der Waals surface area contributed by atoms with Gasteiger partial charge in [-0.1, -0.05) is 0 Å². The maximum Gasteiger partial charge on any atom is 0.355 e. The molecule has 1 N–H and O–H groups in total. The first-order chi connectivity index (χ1) is 17.2. The Hall–Kier alpha value is -3.73. The summed E-state index contributed by atoms with van der Waals surface area (Å²) in [6, 6.07) is 7.34. The lowest BCUT2D eigenvalue weighted by atomic mass is 9.83. The maximum atomic E-state index is 13.3. The molecule has 2 aliphatic rings. The van der Waals surface area contributed by atoms with Crippen LogP contribution in [0.2, 0.25) is 0 Å². The summed E-state index contributed by atoms with van der Waals surface area (Å²) in [5.74, 6) is -1.45. The molecule has 1 aromatic carbocycles. The molecule has 11 nitrogen and oxygen atoms in total. The number of aromatic nitrogens is 2. The number of thioether (sulfide) groups is 1. The van der Waals surface area contributed by atoms with Gasteiger partial charge in [-0.25, -0.2) is 9.78 Å². The number of non-ortho nitro benzene ring substituents is 1. The van der Waals surface area contributed by atoms with Crippen molar-refractivity contribution in [3.8, 4) is 6.07 Å². The molecule has 3 atom stereocenters. The van der Waals surface area contributed by atoms with E-state index in [0.29, 0.717) is 27.5 Å². The van der Waals surface area contributed by atoms with Gasteiger partial charge in [-0.15, -0.1) is 23.1 Å². The molecule has 1 fully saturated rings. The van der Waals surface area contributed by atoms with Gasteiger partial charge in [-0.3, -0.25) is 19.3 Å². The molecular formula is C23H19N5O6S2. The third-order valence-corrected chi connectivity index (χ3v) is 8.28. The molecule has 3 aromatic rings. The number of β-lactam (4-membered cyclic amide) rings is 1. The zero-order valence-electron chi connectivity index (χ0n) is 19.1. The molecule has 2 aromatic heterocycles. The number of aliphatic hydroxyl groups excluding tert-OH is 1. The van der Waals surface area contributed by atoms with Crippen LogP contribution < -0.4 is 0 Å². The number of carbonyl (C=O) groups excluding carboxylic acids is 2. The second-order valence-corrected chi connectivity index (χ2v) is 10.2. The first kappa shape index (κ1) is 24.0. The molecule has 0 radical (unpaired) electrons. The van der Waals surface area contributed by atoms with Gasteiger partial charge < -0.3 is 14.7 Å². The zero-order valence-corrected chi connectivity index (χ0v) is 20.7. The predicted octanol–water partition coefficient (Wildman–Crippen LogP) is 2.96. The van der Waals surface area contributed by atoms with Gasteiger partial charge in [0.1, 0.15) is 28.2 Å². The summed E-state index contributed by atoms with van der Waals surface area (Å²) in [4.78, 5) is 43.6. The Labute approximate surface area is 212 Å². The van der Waals surface area contributed by atoms with Gasteiger partial charge in [0, 0.05) is 23.9 Å². The monoisotopic (exact) mass is 525 g/mol. The van der Waals surface area contributed by atoms with E-state index in [9.17, 15) is 30.1 Å². The molecule has 184 valence electrons. The number of nitrogens with zero attached hydrogens (tertiary/aromatic N) is 5. The Morgan fingerprint density at radius 3 is 2.78 bits per heavy atom. The molecule has 0 aliphatic carbocycles. The number of nitro benzene ring substituents is 1. The minimum atomic E-state index is -0.869. The fourth-order valence-electron chi connectivity index (χ4n) is 4.62. The minimum absolute atomic E-state index is 0.0750. The summed E-state index contributed by atoms with van der Waals surface area (Å²) < 4.78 is 7.18. The van der Waals surface area contributed by atoms with E-state index in [1.807, 2.05) is 6.26 Å². The number of rotatable bonds is 7. The first-order valence-corrected chi connectivity index (χ1v) is 12.9. The van der Waals surface area contributed by atoms with E-state index in [2.05, 4.69) is 11.1 Å². The van der Waals surface area contributed by atoms with Crippen LogP contribution in [0.25, 0.3) is 10.4 Å². The number of benzene rings is 1. The van der Waals surface area contributed by atoms with Crippen molar-refractivity contribution >= 4 is 51.1 Å². The van der Waals surface area contributed by atoms with Crippen molar-refractivity contribution in [3.05, 3.63) is 62.5 Å². The number of ether oxygens (including phenoxy) is 1. The largest absolute Gasteiger partial charge is 0.456 e. The van der Waals surface area contributed by atoms with Crippen molar-refractivity contribution in [1.82, 2.24) is 14.3 Å². The third-order valence-electron chi connectivity index (χ3n) is 6.32. The van der Waals surface area contributed by atoms with Gasteiger partial charge >= 0.3 is 5.97 Å². The Kier molecular flexibility index (Phi) is 6.03. The number of imidazole rings is 1. The van der Waals surface area contributed by atoms with Gasteiger partial charge in [0.15, 0.2) is 0 Å². The molecule has 4 heterocycles. The Morgan fingerprint density at radius 2 is 2.17 bits per heavy atom. The number of esters is 1. The van der Waals surface area contributed by atoms with Crippen LogP contribution in [0.3, 0.4) is 0 Å². The van der Waals surface area contributed by atoms with Crippen molar-refractivity contribution in [1.29, 1.82) is 5.26 Å². The van der Waals surface area contributed by atoms with Crippen LogP contribution in [-0.2, 0) is 20.9 Å². The van der Waals surface area contributed by atoms with E-state index >= 15 is 0 Å². The van der Waals surface area contributed by atoms with Gasteiger partial charge in [-0.2, -0.15) is 5.26 Å². The van der Waals surface area contributed by atoms with E-state index in [-0.39, 0.29) is 35.8 Å². The highest BCUT2D eigenvalue weighted by Crippen LogP contribution is 2.49. The number of nitriles is 1. The van der Waals surface area contributed by atoms with Gasteiger partial charge in [-0.05, 0) is 37.3 Å². The molecule has 0 unspecified atom stereocenters. The highest BCUT2D eigenvalue weighted by Gasteiger charge is 2.57. The smallest absolute Gasteiger partial charge is 0.355 e. The minimum Gasteiger partial charge on any atom is -0.456 e. The lowest BCUT2D eigenvalue weighted by Gasteiger charge is -2.44. The average molecular weight is 526 g/mol. The molecule has 36 heavy (non-hydrogen) atoms. The van der Waals surface area contributed by atoms with Crippen LogP contribution >= 0.6 is 23.1 Å². The Balaban J connectivity index is 1.49. The molecule has 0 bridgehead atoms. The maximum absolute atomic E-state index is 13.3. The summed E-state index contributed by atoms with van der Waals surface area (Å²) in [6.45, 7) is 1.42. The van der Waals surface area contributed by atoms with Crippen LogP contribution in [0.15, 0.2) is 41.2 Å². The number of carbonyl (C=O) groups is 2. The standard InChI is InChI=1S/C23H19N5O6S2/c1-11(29)18-15-7-14(16-9-26-17(8-24)25-20(35-2)22(26)36-16)19(27(15)21(18)30)23(31)34-10-12-3-5-13(6-4-12)28(32)33/h3-6,9,11,15,18,29H,7,10H2,1-2H3/t11-,15-,18-/m1/s1. The number of fused-ring (bicyclic) bond motifs is 2. The van der Waals surface area contributed by atoms with E-state index in [0.717, 1.165) is 4.83 Å². The second-order valence-electron chi connectivity index (χ2n) is 8.40. The van der Waals surface area contributed by atoms with Crippen molar-refractivity contribution in [2.75, 3.05) is 6.26 Å².